The molecule has 9 nitrogen and oxygen atoms in total. The van der Waals surface area contributed by atoms with Crippen LogP contribution in [0.2, 0.25) is 0 Å². The largest absolute Gasteiger partial charge is 0.491 e. The fourth-order valence-corrected chi connectivity index (χ4v) is 5.75. The summed E-state index contributed by atoms with van der Waals surface area (Å²) in [5.41, 5.74) is 6.33. The summed E-state index contributed by atoms with van der Waals surface area (Å²) in [5.74, 6) is -3.85. The molecule has 3 aromatic carbocycles. The van der Waals surface area contributed by atoms with Crippen molar-refractivity contribution < 1.29 is 23.1 Å². The van der Waals surface area contributed by atoms with Crippen LogP contribution in [0.5, 0.6) is 5.75 Å². The molecule has 0 bridgehead atoms. The van der Waals surface area contributed by atoms with Gasteiger partial charge < -0.3 is 20.7 Å². The van der Waals surface area contributed by atoms with Crippen LogP contribution < -0.4 is 20.7 Å². The summed E-state index contributed by atoms with van der Waals surface area (Å²) in [4.78, 5) is 28.6. The highest BCUT2D eigenvalue weighted by Gasteiger charge is 2.42. The average molecular weight is 587 g/mol. The smallest absolute Gasteiger partial charge is 0.298 e. The number of carbonyl (C=O) groups is 2. The van der Waals surface area contributed by atoms with Crippen molar-refractivity contribution in [3.8, 4) is 11.8 Å². The van der Waals surface area contributed by atoms with Gasteiger partial charge in [-0.1, -0.05) is 42.5 Å². The van der Waals surface area contributed by atoms with Crippen LogP contribution in [0.15, 0.2) is 79.0 Å². The first kappa shape index (κ1) is 28.7. The lowest BCUT2D eigenvalue weighted by Crippen LogP contribution is -2.57. The Morgan fingerprint density at radius 3 is 2.52 bits per heavy atom. The maximum atomic E-state index is 15.1. The molecule has 1 aromatic heterocycles. The minimum Gasteiger partial charge on any atom is -0.491 e. The van der Waals surface area contributed by atoms with Gasteiger partial charge in [-0.05, 0) is 37.3 Å². The van der Waals surface area contributed by atoms with Crippen LogP contribution in [-0.4, -0.2) is 50.2 Å². The molecule has 2 heterocycles. The van der Waals surface area contributed by atoms with Crippen LogP contribution >= 0.6 is 0 Å². The van der Waals surface area contributed by atoms with Crippen LogP contribution in [0.3, 0.4) is 0 Å². The quantitative estimate of drug-likeness (QED) is 0.306. The van der Waals surface area contributed by atoms with Crippen molar-refractivity contribution in [1.29, 1.82) is 5.26 Å². The van der Waals surface area contributed by atoms with Gasteiger partial charge in [-0.3, -0.25) is 14.3 Å². The van der Waals surface area contributed by atoms with E-state index in [0.717, 1.165) is 0 Å². The lowest BCUT2D eigenvalue weighted by molar-refractivity contribution is 0.0428. The first-order valence-corrected chi connectivity index (χ1v) is 14.2. The first-order valence-electron chi connectivity index (χ1n) is 13.2. The Morgan fingerprint density at radius 2 is 1.86 bits per heavy atom. The highest BCUT2D eigenvalue weighted by molar-refractivity contribution is 6.24. The van der Waals surface area contributed by atoms with E-state index >= 15 is 8.78 Å². The Bertz CT molecular complexity index is 1680. The zero-order chi connectivity index (χ0) is 30.1. The molecule has 0 spiro atoms. The number of carbonyl (C=O) groups excluding carboxylic acids is 2. The molecule has 1 atom stereocenters. The number of nitrogens with two attached hydrogens (primary N) is 1. The Hall–Kier alpha value is -4.86. The summed E-state index contributed by atoms with van der Waals surface area (Å²) in [6.07, 6.45) is 1.40. The van der Waals surface area contributed by atoms with E-state index < -0.39 is 22.9 Å². The fraction of sp³-hybridized carbons (Fsp3) is 0.200. The summed E-state index contributed by atoms with van der Waals surface area (Å²) in [6, 6.07) is 19.7. The third-order valence-corrected chi connectivity index (χ3v) is 7.76. The molecule has 4 aromatic rings. The van der Waals surface area contributed by atoms with E-state index in [9.17, 15) is 14.9 Å². The number of nitrogens with one attached hydrogen (secondary N) is 1. The second kappa shape index (κ2) is 11.2. The minimum absolute atomic E-state index is 0.122. The van der Waals surface area contributed by atoms with Gasteiger partial charge in [0.25, 0.3) is 17.7 Å². The number of anilines is 2. The van der Waals surface area contributed by atoms with Crippen LogP contribution in [-0.2, 0) is 12.5 Å². The Labute approximate surface area is 243 Å². The van der Waals surface area contributed by atoms with Crippen LogP contribution in [0, 0.1) is 11.3 Å². The number of benzene rings is 3. The van der Waals surface area contributed by atoms with E-state index in [0.29, 0.717) is 28.2 Å². The van der Waals surface area contributed by atoms with Gasteiger partial charge in [-0.15, -0.1) is 0 Å². The SMILES string of the molecule is C[C@]1([SiH3])Cn2ncc(NC(=O)c3ccc(OCCN)c(C#N)c3)c2C(=O)N1c1ccc(C(F)(F)c2ccccc2)cc1. The number of hydrogen-bond acceptors (Lipinski definition) is 6. The number of halogens is 2. The Balaban J connectivity index is 1.41. The molecular weight excluding hydrogens is 558 g/mol. The number of nitriles is 1. The number of alkyl halides is 2. The van der Waals surface area contributed by atoms with Gasteiger partial charge >= 0.3 is 0 Å². The predicted molar refractivity (Wildman–Crippen MR) is 157 cm³/mol. The van der Waals surface area contributed by atoms with E-state index in [-0.39, 0.29) is 46.8 Å². The summed E-state index contributed by atoms with van der Waals surface area (Å²) < 4.78 is 37.3. The zero-order valence-corrected chi connectivity index (χ0v) is 25.0. The van der Waals surface area contributed by atoms with E-state index in [2.05, 4.69) is 10.4 Å². The van der Waals surface area contributed by atoms with Crippen molar-refractivity contribution in [2.75, 3.05) is 23.4 Å². The number of hydrogen-bond donors (Lipinski definition) is 2. The zero-order valence-electron chi connectivity index (χ0n) is 23.0. The molecular formula is C30H28F2N6O3Si. The molecule has 0 fully saturated rings. The minimum atomic E-state index is -3.20. The summed E-state index contributed by atoms with van der Waals surface area (Å²) in [7, 11) is 0.548. The lowest BCUT2D eigenvalue weighted by Gasteiger charge is -2.42. The molecule has 0 radical (unpaired) electrons. The number of fused-ring (bicyclic) bond motifs is 1. The van der Waals surface area contributed by atoms with Gasteiger partial charge in [0.1, 0.15) is 24.1 Å². The number of amides is 2. The fourth-order valence-electron chi connectivity index (χ4n) is 4.99. The molecule has 42 heavy (non-hydrogen) atoms. The van der Waals surface area contributed by atoms with E-state index in [1.165, 1.54) is 60.8 Å². The van der Waals surface area contributed by atoms with Crippen LogP contribution in [0.25, 0.3) is 0 Å². The number of aromatic nitrogens is 2. The van der Waals surface area contributed by atoms with Crippen LogP contribution in [0.1, 0.15) is 44.5 Å². The Morgan fingerprint density at radius 1 is 1.17 bits per heavy atom. The van der Waals surface area contributed by atoms with Crippen molar-refractivity contribution >= 4 is 33.4 Å². The lowest BCUT2D eigenvalue weighted by atomic mass is 9.99. The summed E-state index contributed by atoms with van der Waals surface area (Å²) >= 11 is 0. The molecule has 0 unspecified atom stereocenters. The monoisotopic (exact) mass is 586 g/mol. The van der Waals surface area contributed by atoms with Crippen molar-refractivity contribution in [3.63, 3.8) is 0 Å². The number of nitrogens with zero attached hydrogens (tertiary/aromatic N) is 4. The van der Waals surface area contributed by atoms with Gasteiger partial charge in [-0.25, -0.2) is 0 Å². The molecule has 5 rings (SSSR count). The average Bonchev–Trinajstić information content (AvgIpc) is 3.37. The van der Waals surface area contributed by atoms with Crippen molar-refractivity contribution in [3.05, 3.63) is 107 Å². The van der Waals surface area contributed by atoms with Gasteiger partial charge in [-0.2, -0.15) is 19.1 Å². The van der Waals surface area contributed by atoms with E-state index in [4.69, 9.17) is 10.5 Å². The van der Waals surface area contributed by atoms with Crippen molar-refractivity contribution in [1.82, 2.24) is 9.78 Å². The maximum absolute atomic E-state index is 15.1. The molecule has 214 valence electrons. The Kier molecular flexibility index (Phi) is 7.64. The molecule has 1 aliphatic rings. The standard InChI is InChI=1S/C30H28F2N6O3Si/c1-29(42)18-37-26(24(17-35-37)36-27(39)19-7-12-25(41-14-13-33)20(15-19)16-34)28(40)38(29)23-10-8-22(9-11-23)30(31,32)21-5-3-2-4-6-21/h2-12,15,17H,13-14,18,33H2,1,42H3,(H,36,39)/t29-/m0/s1. The molecule has 2 amide bonds. The third kappa shape index (κ3) is 5.27. The summed E-state index contributed by atoms with van der Waals surface area (Å²) in [5, 5.41) is 15.9. The topological polar surface area (TPSA) is 126 Å². The van der Waals surface area contributed by atoms with Gasteiger partial charge in [0.2, 0.25) is 0 Å². The molecule has 12 heteroatoms. The maximum Gasteiger partial charge on any atom is 0.298 e. The first-order chi connectivity index (χ1) is 20.1. The number of rotatable bonds is 8. The van der Waals surface area contributed by atoms with Crippen LogP contribution in [0.4, 0.5) is 20.2 Å². The van der Waals surface area contributed by atoms with E-state index in [1.54, 1.807) is 27.8 Å². The molecule has 0 aliphatic carbocycles. The molecule has 3 N–H and O–H groups in total. The van der Waals surface area contributed by atoms with Gasteiger partial charge in [0.15, 0.2) is 0 Å². The van der Waals surface area contributed by atoms with Gasteiger partial charge in [0, 0.05) is 44.3 Å². The highest BCUT2D eigenvalue weighted by atomic mass is 28.1. The molecule has 0 saturated heterocycles. The molecule has 0 saturated carbocycles. The van der Waals surface area contributed by atoms with Crippen molar-refractivity contribution in [2.45, 2.75) is 24.6 Å². The third-order valence-electron chi connectivity index (χ3n) is 7.00. The predicted octanol–water partition coefficient (Wildman–Crippen LogP) is 3.23. The highest BCUT2D eigenvalue weighted by Crippen LogP contribution is 2.38. The number of ether oxygens (including phenoxy) is 1. The van der Waals surface area contributed by atoms with Crippen molar-refractivity contribution in [2.24, 2.45) is 5.73 Å². The molecule has 1 aliphatic heterocycles. The van der Waals surface area contributed by atoms with E-state index in [1.807, 2.05) is 13.0 Å². The van der Waals surface area contributed by atoms with Gasteiger partial charge in [0.05, 0.1) is 24.0 Å². The normalized spacial score (nSPS) is 16.5. The second-order valence-electron chi connectivity index (χ2n) is 10.4. The summed E-state index contributed by atoms with van der Waals surface area (Å²) in [6.45, 7) is 2.75. The second-order valence-corrected chi connectivity index (χ2v) is 12.6.